The Labute approximate surface area is 371 Å². The van der Waals surface area contributed by atoms with Gasteiger partial charge in [-0.25, -0.2) is 0 Å². The summed E-state index contributed by atoms with van der Waals surface area (Å²) in [7, 11) is 0. The fourth-order valence-electron chi connectivity index (χ4n) is 7.58. The van der Waals surface area contributed by atoms with Crippen molar-refractivity contribution in [3.63, 3.8) is 0 Å². The molecule has 0 heterocycles. The maximum Gasteiger partial charge on any atom is 0.306 e. The second kappa shape index (κ2) is 47.6. The van der Waals surface area contributed by atoms with Crippen molar-refractivity contribution < 1.29 is 24.5 Å². The number of carbonyl (C=O) groups is 2. The van der Waals surface area contributed by atoms with Crippen molar-refractivity contribution in [3.05, 3.63) is 60.8 Å². The number of unbranched alkanes of at least 4 members (excludes halogenated alkanes) is 27. The molecule has 0 spiro atoms. The number of nitrogens with one attached hydrogen (secondary N) is 1. The van der Waals surface area contributed by atoms with Crippen LogP contribution in [0.1, 0.15) is 245 Å². The third kappa shape index (κ3) is 42.3. The van der Waals surface area contributed by atoms with Crippen LogP contribution in [0.2, 0.25) is 0 Å². The molecule has 348 valence electrons. The van der Waals surface area contributed by atoms with Crippen molar-refractivity contribution in [1.29, 1.82) is 0 Å². The summed E-state index contributed by atoms with van der Waals surface area (Å²) in [4.78, 5) is 26.1. The van der Waals surface area contributed by atoms with E-state index >= 15 is 0 Å². The van der Waals surface area contributed by atoms with Gasteiger partial charge in [0.1, 0.15) is 6.10 Å². The van der Waals surface area contributed by atoms with Crippen molar-refractivity contribution in [1.82, 2.24) is 5.32 Å². The normalized spacial score (nSPS) is 13.8. The highest BCUT2D eigenvalue weighted by Gasteiger charge is 2.24. The fraction of sp³-hybridized carbons (Fsp3) is 0.778. The van der Waals surface area contributed by atoms with Gasteiger partial charge in [-0.3, -0.25) is 9.59 Å². The number of hydrogen-bond donors (Lipinski definition) is 3. The van der Waals surface area contributed by atoms with E-state index in [2.05, 4.69) is 50.4 Å². The summed E-state index contributed by atoms with van der Waals surface area (Å²) in [5, 5.41) is 23.8. The van der Waals surface area contributed by atoms with E-state index in [1.54, 1.807) is 0 Å². The lowest BCUT2D eigenvalue weighted by Gasteiger charge is -2.24. The first-order chi connectivity index (χ1) is 29.5. The quantitative estimate of drug-likeness (QED) is 0.0322. The second-order valence-corrected chi connectivity index (χ2v) is 17.3. The van der Waals surface area contributed by atoms with E-state index in [-0.39, 0.29) is 24.9 Å². The Hall–Kier alpha value is -2.44. The van der Waals surface area contributed by atoms with Crippen LogP contribution >= 0.6 is 0 Å². The first-order valence-corrected chi connectivity index (χ1v) is 25.6. The number of aliphatic hydroxyl groups excluding tert-OH is 2. The average molecular weight is 840 g/mol. The topological polar surface area (TPSA) is 95.9 Å². The molecule has 0 aromatic heterocycles. The third-order valence-corrected chi connectivity index (χ3v) is 11.5. The molecule has 60 heavy (non-hydrogen) atoms. The van der Waals surface area contributed by atoms with Crippen molar-refractivity contribution >= 4 is 11.9 Å². The molecule has 0 rings (SSSR count). The van der Waals surface area contributed by atoms with Gasteiger partial charge in [0.05, 0.1) is 25.2 Å². The van der Waals surface area contributed by atoms with E-state index in [4.69, 9.17) is 4.74 Å². The van der Waals surface area contributed by atoms with Gasteiger partial charge in [-0.1, -0.05) is 248 Å². The Morgan fingerprint density at radius 2 is 0.883 bits per heavy atom. The van der Waals surface area contributed by atoms with Gasteiger partial charge in [0.15, 0.2) is 0 Å². The smallest absolute Gasteiger partial charge is 0.306 e. The molecule has 0 radical (unpaired) electrons. The molecule has 0 aliphatic carbocycles. The van der Waals surface area contributed by atoms with Crippen LogP contribution < -0.4 is 5.32 Å². The highest BCUT2D eigenvalue weighted by Crippen LogP contribution is 2.18. The molecule has 3 N–H and O–H groups in total. The highest BCUT2D eigenvalue weighted by atomic mass is 16.5. The van der Waals surface area contributed by atoms with Gasteiger partial charge in [-0.2, -0.15) is 0 Å². The van der Waals surface area contributed by atoms with Crippen LogP contribution in [0.15, 0.2) is 60.8 Å². The summed E-state index contributed by atoms with van der Waals surface area (Å²) < 4.78 is 5.90. The van der Waals surface area contributed by atoms with E-state index in [0.717, 1.165) is 70.6 Å². The number of ether oxygens (including phenoxy) is 1. The molecular weight excluding hydrogens is 743 g/mol. The minimum atomic E-state index is -0.799. The van der Waals surface area contributed by atoms with E-state index in [0.29, 0.717) is 19.3 Å². The standard InChI is InChI=1S/C54H97NO5/c1-4-7-10-13-16-19-22-24-26-28-29-31-33-36-39-42-45-50(60-54(59)47-44-41-38-35-21-18-15-12-9-6-3)48-53(58)55-51(49-56)52(57)46-43-40-37-34-32-30-27-25-23-20-17-14-11-8-5-2/h10,13,16,19,22,24,26,28-29,31,50-52,56-57H,4-9,11-12,14-15,17-18,20-21,23,25,27,30,32-49H2,1-3H3,(H,55,58)/b13-10+,19-16+,24-22+,28-26+,31-29+. The monoisotopic (exact) mass is 840 g/mol. The lowest BCUT2D eigenvalue weighted by Crippen LogP contribution is -2.46. The maximum absolute atomic E-state index is 13.2. The molecule has 0 aliphatic rings. The Bertz CT molecular complexity index is 1080. The van der Waals surface area contributed by atoms with Crippen molar-refractivity contribution in [2.45, 2.75) is 264 Å². The minimum Gasteiger partial charge on any atom is -0.462 e. The maximum atomic E-state index is 13.2. The summed E-state index contributed by atoms with van der Waals surface area (Å²) in [6.45, 7) is 6.38. The van der Waals surface area contributed by atoms with Crippen molar-refractivity contribution in [3.8, 4) is 0 Å². The average Bonchev–Trinajstić information content (AvgIpc) is 3.24. The zero-order valence-corrected chi connectivity index (χ0v) is 39.6. The van der Waals surface area contributed by atoms with Gasteiger partial charge in [0.2, 0.25) is 5.91 Å². The lowest BCUT2D eigenvalue weighted by atomic mass is 10.0. The molecule has 6 nitrogen and oxygen atoms in total. The van der Waals surface area contributed by atoms with Crippen LogP contribution in [-0.4, -0.2) is 46.9 Å². The number of carbonyl (C=O) groups excluding carboxylic acids is 2. The van der Waals surface area contributed by atoms with E-state index < -0.39 is 18.2 Å². The summed E-state index contributed by atoms with van der Waals surface area (Å²) in [5.74, 6) is -0.514. The number of esters is 1. The molecule has 0 saturated carbocycles. The van der Waals surface area contributed by atoms with Crippen molar-refractivity contribution in [2.75, 3.05) is 6.61 Å². The molecule has 0 bridgehead atoms. The molecule has 0 saturated heterocycles. The second-order valence-electron chi connectivity index (χ2n) is 17.3. The van der Waals surface area contributed by atoms with E-state index in [9.17, 15) is 19.8 Å². The predicted octanol–water partition coefficient (Wildman–Crippen LogP) is 15.2. The van der Waals surface area contributed by atoms with E-state index in [1.807, 2.05) is 36.5 Å². The molecule has 0 aliphatic heterocycles. The van der Waals surface area contributed by atoms with E-state index in [1.165, 1.54) is 128 Å². The molecule has 0 aromatic carbocycles. The van der Waals surface area contributed by atoms with Gasteiger partial charge in [0.25, 0.3) is 0 Å². The van der Waals surface area contributed by atoms with Crippen LogP contribution in [-0.2, 0) is 14.3 Å². The minimum absolute atomic E-state index is 0.0500. The molecule has 1 amide bonds. The van der Waals surface area contributed by atoms with Crippen LogP contribution in [0.3, 0.4) is 0 Å². The largest absolute Gasteiger partial charge is 0.462 e. The Kier molecular flexibility index (Phi) is 45.7. The number of amides is 1. The van der Waals surface area contributed by atoms with Gasteiger partial charge >= 0.3 is 5.97 Å². The van der Waals surface area contributed by atoms with Gasteiger partial charge in [0, 0.05) is 6.42 Å². The third-order valence-electron chi connectivity index (χ3n) is 11.5. The van der Waals surface area contributed by atoms with Crippen LogP contribution in [0, 0.1) is 0 Å². The molecular formula is C54H97NO5. The van der Waals surface area contributed by atoms with Crippen molar-refractivity contribution in [2.24, 2.45) is 0 Å². The summed E-state index contributed by atoms with van der Waals surface area (Å²) >= 11 is 0. The Morgan fingerprint density at radius 1 is 0.483 bits per heavy atom. The SMILES string of the molecule is CCC/C=C/C=C/C=C/C=C/C=C/CCCCCC(CC(=O)NC(CO)C(O)CCCCCCCCCCCCCCCCC)OC(=O)CCCCCCCCCCCC. The predicted molar refractivity (Wildman–Crippen MR) is 259 cm³/mol. The molecule has 6 heteroatoms. The fourth-order valence-corrected chi connectivity index (χ4v) is 7.58. The van der Waals surface area contributed by atoms with Crippen LogP contribution in [0.5, 0.6) is 0 Å². The van der Waals surface area contributed by atoms with Gasteiger partial charge in [-0.05, 0) is 44.9 Å². The number of allylic oxidation sites excluding steroid dienone is 10. The summed E-state index contributed by atoms with van der Waals surface area (Å²) in [6.07, 6.45) is 58.5. The Morgan fingerprint density at radius 3 is 1.35 bits per heavy atom. The van der Waals surface area contributed by atoms with Crippen LogP contribution in [0.4, 0.5) is 0 Å². The molecule has 0 fully saturated rings. The zero-order chi connectivity index (χ0) is 43.8. The summed E-state index contributed by atoms with van der Waals surface area (Å²) in [5.41, 5.74) is 0. The Balaban J connectivity index is 4.63. The zero-order valence-electron chi connectivity index (χ0n) is 39.6. The molecule has 0 aromatic rings. The first kappa shape index (κ1) is 57.6. The first-order valence-electron chi connectivity index (χ1n) is 25.6. The summed E-state index contributed by atoms with van der Waals surface area (Å²) in [6, 6.07) is -0.715. The van der Waals surface area contributed by atoms with Gasteiger partial charge < -0.3 is 20.3 Å². The highest BCUT2D eigenvalue weighted by molar-refractivity contribution is 5.77. The van der Waals surface area contributed by atoms with Gasteiger partial charge in [-0.15, -0.1) is 0 Å². The number of rotatable bonds is 45. The lowest BCUT2D eigenvalue weighted by molar-refractivity contribution is -0.151. The molecule has 3 unspecified atom stereocenters. The molecule has 3 atom stereocenters. The number of aliphatic hydroxyl groups is 2. The van der Waals surface area contributed by atoms with Crippen LogP contribution in [0.25, 0.3) is 0 Å². The number of hydrogen-bond acceptors (Lipinski definition) is 5.